The van der Waals surface area contributed by atoms with E-state index in [2.05, 4.69) is 0 Å². The average Bonchev–Trinajstić information content (AvgIpc) is 3.09. The zero-order valence-electron chi connectivity index (χ0n) is 16.3. The molecule has 1 aliphatic rings. The first-order valence-electron chi connectivity index (χ1n) is 9.07. The first kappa shape index (κ1) is 20.8. The monoisotopic (exact) mass is 380 g/mol. The average molecular weight is 380 g/mol. The van der Waals surface area contributed by atoms with Gasteiger partial charge in [0.1, 0.15) is 6.04 Å². The van der Waals surface area contributed by atoms with Crippen LogP contribution in [0, 0.1) is 5.92 Å². The molecule has 0 aliphatic carbocycles. The van der Waals surface area contributed by atoms with Gasteiger partial charge in [-0.25, -0.2) is 4.79 Å². The normalized spacial score (nSPS) is 14.6. The number of ether oxygens (including phenoxy) is 4. The third-order valence-electron chi connectivity index (χ3n) is 4.45. The molecule has 1 aliphatic heterocycles. The third kappa shape index (κ3) is 5.50. The number of carbonyl (C=O) groups is 2. The number of nitrogens with two attached hydrogens (primary N) is 1. The van der Waals surface area contributed by atoms with Gasteiger partial charge in [0, 0.05) is 12.6 Å². The highest BCUT2D eigenvalue weighted by atomic mass is 16.7. The number of nitrogens with zero attached hydrogens (tertiary/aromatic N) is 1. The Morgan fingerprint density at radius 2 is 1.89 bits per heavy atom. The molecule has 8 heteroatoms. The third-order valence-corrected chi connectivity index (χ3v) is 4.45. The van der Waals surface area contributed by atoms with Crippen LogP contribution in [-0.2, 0) is 20.7 Å². The largest absolute Gasteiger partial charge is 0.454 e. The maximum atomic E-state index is 12.3. The Morgan fingerprint density at radius 1 is 1.19 bits per heavy atom. The lowest BCUT2D eigenvalue weighted by molar-refractivity contribution is -0.155. The second-order valence-electron chi connectivity index (χ2n) is 6.79. The number of amides is 1. The molecule has 1 heterocycles. The molecule has 2 N–H and O–H groups in total. The molecular formula is C19H28N2O6. The maximum Gasteiger partial charge on any atom is 0.412 e. The van der Waals surface area contributed by atoms with Crippen molar-refractivity contribution in [2.45, 2.75) is 46.2 Å². The predicted octanol–water partition coefficient (Wildman–Crippen LogP) is 2.29. The fraction of sp³-hybridized carbons (Fsp3) is 0.579. The lowest BCUT2D eigenvalue weighted by atomic mass is 10.1. The fourth-order valence-corrected chi connectivity index (χ4v) is 2.73. The van der Waals surface area contributed by atoms with Crippen LogP contribution in [0.1, 0.15) is 33.3 Å². The van der Waals surface area contributed by atoms with Crippen molar-refractivity contribution in [3.8, 4) is 11.5 Å². The van der Waals surface area contributed by atoms with Crippen LogP contribution in [0.5, 0.6) is 11.5 Å². The van der Waals surface area contributed by atoms with Crippen LogP contribution in [0.3, 0.4) is 0 Å². The lowest BCUT2D eigenvalue weighted by Crippen LogP contribution is -2.41. The van der Waals surface area contributed by atoms with E-state index in [1.54, 1.807) is 4.90 Å². The van der Waals surface area contributed by atoms with Gasteiger partial charge in [-0.1, -0.05) is 19.9 Å². The van der Waals surface area contributed by atoms with Crippen LogP contribution in [-0.4, -0.2) is 49.2 Å². The number of hydrogen-bond acceptors (Lipinski definition) is 7. The zero-order chi connectivity index (χ0) is 20.0. The second-order valence-corrected chi connectivity index (χ2v) is 6.79. The zero-order valence-corrected chi connectivity index (χ0v) is 16.3. The molecule has 0 radical (unpaired) electrons. The van der Waals surface area contributed by atoms with Crippen molar-refractivity contribution in [3.05, 3.63) is 23.8 Å². The van der Waals surface area contributed by atoms with Crippen molar-refractivity contribution in [2.75, 3.05) is 20.1 Å². The Kier molecular flexibility index (Phi) is 7.29. The number of likely N-dealkylation sites (N-methyl/N-ethyl adjacent to an activating group) is 1. The van der Waals surface area contributed by atoms with Gasteiger partial charge in [0.05, 0.1) is 0 Å². The van der Waals surface area contributed by atoms with E-state index in [1.807, 2.05) is 45.9 Å². The predicted molar refractivity (Wildman–Crippen MR) is 98.4 cm³/mol. The summed E-state index contributed by atoms with van der Waals surface area (Å²) < 4.78 is 20.7. The van der Waals surface area contributed by atoms with Crippen LogP contribution < -0.4 is 15.2 Å². The molecule has 2 rings (SSSR count). The molecule has 2 atom stereocenters. The van der Waals surface area contributed by atoms with Gasteiger partial charge in [-0.2, -0.15) is 0 Å². The van der Waals surface area contributed by atoms with Gasteiger partial charge >= 0.3 is 12.1 Å². The van der Waals surface area contributed by atoms with Crippen molar-refractivity contribution >= 4 is 12.1 Å². The van der Waals surface area contributed by atoms with Crippen molar-refractivity contribution < 1.29 is 28.5 Å². The molecule has 1 unspecified atom stereocenters. The van der Waals surface area contributed by atoms with Gasteiger partial charge in [0.2, 0.25) is 13.6 Å². The molecule has 1 amide bonds. The summed E-state index contributed by atoms with van der Waals surface area (Å²) in [7, 11) is 0. The van der Waals surface area contributed by atoms with Crippen molar-refractivity contribution in [1.82, 2.24) is 4.90 Å². The summed E-state index contributed by atoms with van der Waals surface area (Å²) in [6, 6.07) is 4.86. The highest BCUT2D eigenvalue weighted by Gasteiger charge is 2.23. The minimum Gasteiger partial charge on any atom is -0.454 e. The molecule has 0 saturated heterocycles. The maximum absolute atomic E-state index is 12.3. The summed E-state index contributed by atoms with van der Waals surface area (Å²) in [4.78, 5) is 25.6. The number of benzene rings is 1. The SMILES string of the molecule is CCN(C(=O)OCOC(=O)[C@@H](N)C(C)C)C(C)Cc1ccc2c(c1)OCO2. The number of esters is 1. The van der Waals surface area contributed by atoms with E-state index in [4.69, 9.17) is 24.7 Å². The molecule has 0 bridgehead atoms. The summed E-state index contributed by atoms with van der Waals surface area (Å²) in [5, 5.41) is 0. The number of carbonyl (C=O) groups excluding carboxylic acids is 2. The summed E-state index contributed by atoms with van der Waals surface area (Å²) in [5.74, 6) is 0.787. The second kappa shape index (κ2) is 9.45. The van der Waals surface area contributed by atoms with Crippen molar-refractivity contribution in [2.24, 2.45) is 11.7 Å². The van der Waals surface area contributed by atoms with Crippen LogP contribution in [0.2, 0.25) is 0 Å². The van der Waals surface area contributed by atoms with Crippen LogP contribution >= 0.6 is 0 Å². The smallest absolute Gasteiger partial charge is 0.412 e. The molecule has 8 nitrogen and oxygen atoms in total. The summed E-state index contributed by atoms with van der Waals surface area (Å²) in [6.07, 6.45) is 0.0779. The Morgan fingerprint density at radius 3 is 2.56 bits per heavy atom. The van der Waals surface area contributed by atoms with Crippen LogP contribution in [0.15, 0.2) is 18.2 Å². The first-order valence-corrected chi connectivity index (χ1v) is 9.07. The van der Waals surface area contributed by atoms with Gasteiger partial charge in [0.15, 0.2) is 11.5 Å². The van der Waals surface area contributed by atoms with E-state index in [1.165, 1.54) is 0 Å². The van der Waals surface area contributed by atoms with Gasteiger partial charge < -0.3 is 29.6 Å². The van der Waals surface area contributed by atoms with E-state index in [0.717, 1.165) is 11.3 Å². The van der Waals surface area contributed by atoms with Crippen LogP contribution in [0.4, 0.5) is 4.79 Å². The standard InChI is InChI=1S/C19H28N2O6/c1-5-21(19(23)27-11-26-18(22)17(20)12(2)3)13(4)8-14-6-7-15-16(9-14)25-10-24-15/h6-7,9,12-13,17H,5,8,10-11,20H2,1-4H3/t13?,17-/m0/s1. The van der Waals surface area contributed by atoms with E-state index < -0.39 is 24.9 Å². The number of rotatable bonds is 8. The molecule has 1 aromatic rings. The van der Waals surface area contributed by atoms with Gasteiger partial charge in [-0.3, -0.25) is 4.79 Å². The summed E-state index contributed by atoms with van der Waals surface area (Å²) in [5.41, 5.74) is 6.71. The molecule has 0 spiro atoms. The number of hydrogen-bond donors (Lipinski definition) is 1. The van der Waals surface area contributed by atoms with Crippen molar-refractivity contribution in [3.63, 3.8) is 0 Å². The molecule has 150 valence electrons. The van der Waals surface area contributed by atoms with Gasteiger partial charge in [-0.15, -0.1) is 0 Å². The molecule has 0 fully saturated rings. The Hall–Kier alpha value is -2.48. The molecule has 1 aromatic carbocycles. The minimum absolute atomic E-state index is 0.0536. The number of fused-ring (bicyclic) bond motifs is 1. The van der Waals surface area contributed by atoms with Crippen LogP contribution in [0.25, 0.3) is 0 Å². The van der Waals surface area contributed by atoms with Gasteiger partial charge in [0.25, 0.3) is 0 Å². The molecule has 0 saturated carbocycles. The summed E-state index contributed by atoms with van der Waals surface area (Å²) >= 11 is 0. The van der Waals surface area contributed by atoms with E-state index >= 15 is 0 Å². The first-order chi connectivity index (χ1) is 12.8. The highest BCUT2D eigenvalue weighted by molar-refractivity contribution is 5.76. The Balaban J connectivity index is 1.85. The Labute approximate surface area is 159 Å². The molecule has 27 heavy (non-hydrogen) atoms. The lowest BCUT2D eigenvalue weighted by Gasteiger charge is -2.27. The van der Waals surface area contributed by atoms with E-state index in [-0.39, 0.29) is 18.8 Å². The summed E-state index contributed by atoms with van der Waals surface area (Å²) in [6.45, 7) is 7.65. The van der Waals surface area contributed by atoms with E-state index in [9.17, 15) is 9.59 Å². The quantitative estimate of drug-likeness (QED) is 0.545. The Bertz CT molecular complexity index is 664. The minimum atomic E-state index is -0.740. The fourth-order valence-electron chi connectivity index (χ4n) is 2.73. The van der Waals surface area contributed by atoms with E-state index in [0.29, 0.717) is 18.7 Å². The highest BCUT2D eigenvalue weighted by Crippen LogP contribution is 2.33. The topological polar surface area (TPSA) is 100 Å². The van der Waals surface area contributed by atoms with Gasteiger partial charge in [-0.05, 0) is 43.9 Å². The molecule has 0 aromatic heterocycles. The molecular weight excluding hydrogens is 352 g/mol. The van der Waals surface area contributed by atoms with Crippen molar-refractivity contribution in [1.29, 1.82) is 0 Å².